The number of rotatable bonds is 69. The number of carbonyl (C=O) groups excluding carboxylic acids is 3. The Balaban J connectivity index is 4.32. The lowest BCUT2D eigenvalue weighted by Gasteiger charge is -2.18. The van der Waals surface area contributed by atoms with Crippen molar-refractivity contribution in [1.82, 2.24) is 0 Å². The average molecular weight is 1150 g/mol. The summed E-state index contributed by atoms with van der Waals surface area (Å²) in [7, 11) is 0. The van der Waals surface area contributed by atoms with Crippen LogP contribution in [0.5, 0.6) is 0 Å². The Labute approximate surface area is 512 Å². The molecule has 482 valence electrons. The second-order valence-electron chi connectivity index (χ2n) is 25.2. The maximum absolute atomic E-state index is 13.0. The quantitative estimate of drug-likeness (QED) is 0.0261. The molecular weight excluding hydrogens is 1010 g/mol. The van der Waals surface area contributed by atoms with Gasteiger partial charge in [-0.3, -0.25) is 14.4 Å². The number of hydrogen-bond acceptors (Lipinski definition) is 6. The maximum Gasteiger partial charge on any atom is 0.306 e. The molecular formula is C76H142O6. The predicted molar refractivity (Wildman–Crippen MR) is 358 cm³/mol. The minimum absolute atomic E-state index is 0.0715. The molecule has 0 aromatic heterocycles. The summed E-state index contributed by atoms with van der Waals surface area (Å²) in [5.74, 6) is -0.850. The summed E-state index contributed by atoms with van der Waals surface area (Å²) in [5.41, 5.74) is 0. The zero-order valence-electron chi connectivity index (χ0n) is 55.5. The number of esters is 3. The summed E-state index contributed by atoms with van der Waals surface area (Å²) in [5, 5.41) is 0. The van der Waals surface area contributed by atoms with Crippen molar-refractivity contribution in [2.75, 3.05) is 13.2 Å². The Morgan fingerprint density at radius 2 is 0.439 bits per heavy atom. The van der Waals surface area contributed by atoms with Gasteiger partial charge in [-0.25, -0.2) is 0 Å². The largest absolute Gasteiger partial charge is 0.462 e. The molecule has 0 aromatic carbocycles. The molecule has 0 rings (SSSR count). The molecule has 82 heavy (non-hydrogen) atoms. The SMILES string of the molecule is CCCCCCC/C=C\C/C=C\C/C=C\CCCCCCCCC(=O)OC(COC(=O)CCCCCCCCCCCCCCCCCCCCC)COC(=O)CCCCCCCCCCCCCCCCCCCCCCCCCC. The number of hydrogen-bond donors (Lipinski definition) is 0. The highest BCUT2D eigenvalue weighted by Gasteiger charge is 2.19. The van der Waals surface area contributed by atoms with Gasteiger partial charge in [0, 0.05) is 19.3 Å². The van der Waals surface area contributed by atoms with Crippen LogP contribution < -0.4 is 0 Å². The van der Waals surface area contributed by atoms with E-state index in [4.69, 9.17) is 14.2 Å². The number of allylic oxidation sites excluding steroid dienone is 6. The number of unbranched alkanes of at least 4 members (excludes halogenated alkanes) is 52. The number of ether oxygens (including phenoxy) is 3. The van der Waals surface area contributed by atoms with E-state index >= 15 is 0 Å². The lowest BCUT2D eigenvalue weighted by Crippen LogP contribution is -2.30. The zero-order valence-corrected chi connectivity index (χ0v) is 55.5. The topological polar surface area (TPSA) is 78.9 Å². The molecule has 1 atom stereocenters. The van der Waals surface area contributed by atoms with Gasteiger partial charge in [-0.15, -0.1) is 0 Å². The van der Waals surface area contributed by atoms with Gasteiger partial charge in [-0.05, 0) is 57.8 Å². The van der Waals surface area contributed by atoms with Crippen LogP contribution >= 0.6 is 0 Å². The van der Waals surface area contributed by atoms with E-state index in [0.717, 1.165) is 77.0 Å². The Bertz CT molecular complexity index is 1370. The molecule has 1 unspecified atom stereocenters. The fraction of sp³-hybridized carbons (Fsp3) is 0.882. The third-order valence-electron chi connectivity index (χ3n) is 16.9. The normalized spacial score (nSPS) is 12.2. The standard InChI is InChI=1S/C76H142O6/c1-4-7-10-13-16-19-22-25-28-31-34-36-37-38-40-42-45-48-51-54-57-60-63-66-69-75(78)81-72-73(71-80-74(77)68-65-62-59-56-53-50-47-44-41-33-30-27-24-21-18-15-12-9-6-3)82-76(79)70-67-64-61-58-55-52-49-46-43-39-35-32-29-26-23-20-17-14-11-8-5-2/h23,26,32,35,43,46,73H,4-22,24-25,27-31,33-34,36-42,44-45,47-72H2,1-3H3/b26-23-,35-32-,46-43-. The van der Waals surface area contributed by atoms with Crippen LogP contribution in [-0.4, -0.2) is 37.2 Å². The molecule has 0 heterocycles. The zero-order chi connectivity index (χ0) is 59.2. The van der Waals surface area contributed by atoms with Crippen molar-refractivity contribution in [3.63, 3.8) is 0 Å². The summed E-state index contributed by atoms with van der Waals surface area (Å²) in [6, 6.07) is 0. The van der Waals surface area contributed by atoms with Crippen molar-refractivity contribution < 1.29 is 28.6 Å². The van der Waals surface area contributed by atoms with Gasteiger partial charge in [0.25, 0.3) is 0 Å². The summed E-state index contributed by atoms with van der Waals surface area (Å²) in [4.78, 5) is 38.5. The fourth-order valence-corrected chi connectivity index (χ4v) is 11.3. The summed E-state index contributed by atoms with van der Waals surface area (Å²) in [6.07, 6.45) is 88.9. The fourth-order valence-electron chi connectivity index (χ4n) is 11.3. The Morgan fingerprint density at radius 1 is 0.244 bits per heavy atom. The Morgan fingerprint density at radius 3 is 0.683 bits per heavy atom. The molecule has 0 aliphatic heterocycles. The first-order valence-corrected chi connectivity index (χ1v) is 37.0. The molecule has 0 bridgehead atoms. The molecule has 0 saturated heterocycles. The van der Waals surface area contributed by atoms with E-state index in [1.165, 1.54) is 295 Å². The lowest BCUT2D eigenvalue weighted by atomic mass is 10.0. The van der Waals surface area contributed by atoms with Crippen LogP contribution in [0.3, 0.4) is 0 Å². The van der Waals surface area contributed by atoms with E-state index in [2.05, 4.69) is 57.2 Å². The van der Waals surface area contributed by atoms with Gasteiger partial charge in [0.2, 0.25) is 0 Å². The predicted octanol–water partition coefficient (Wildman–Crippen LogP) is 25.5. The summed E-state index contributed by atoms with van der Waals surface area (Å²) in [6.45, 7) is 6.71. The molecule has 0 N–H and O–H groups in total. The first-order chi connectivity index (χ1) is 40.5. The van der Waals surface area contributed by atoms with E-state index < -0.39 is 6.10 Å². The third-order valence-corrected chi connectivity index (χ3v) is 16.9. The molecule has 6 nitrogen and oxygen atoms in total. The van der Waals surface area contributed by atoms with Crippen LogP contribution in [-0.2, 0) is 28.6 Å². The van der Waals surface area contributed by atoms with E-state index in [1.54, 1.807) is 0 Å². The van der Waals surface area contributed by atoms with Crippen molar-refractivity contribution >= 4 is 17.9 Å². The van der Waals surface area contributed by atoms with Crippen LogP contribution in [0.15, 0.2) is 36.5 Å². The average Bonchev–Trinajstić information content (AvgIpc) is 3.47. The van der Waals surface area contributed by atoms with Crippen molar-refractivity contribution in [2.24, 2.45) is 0 Å². The Hall–Kier alpha value is -2.37. The minimum atomic E-state index is -0.778. The highest BCUT2D eigenvalue weighted by Crippen LogP contribution is 2.19. The van der Waals surface area contributed by atoms with Crippen molar-refractivity contribution in [2.45, 2.75) is 419 Å². The van der Waals surface area contributed by atoms with Gasteiger partial charge in [-0.2, -0.15) is 0 Å². The molecule has 0 spiro atoms. The van der Waals surface area contributed by atoms with Crippen molar-refractivity contribution in [3.8, 4) is 0 Å². The van der Waals surface area contributed by atoms with Gasteiger partial charge in [0.05, 0.1) is 0 Å². The molecule has 0 radical (unpaired) electrons. The van der Waals surface area contributed by atoms with E-state index in [0.29, 0.717) is 19.3 Å². The molecule has 0 aliphatic carbocycles. The molecule has 0 saturated carbocycles. The summed E-state index contributed by atoms with van der Waals surface area (Å²) < 4.78 is 17.0. The first-order valence-electron chi connectivity index (χ1n) is 37.0. The third kappa shape index (κ3) is 68.4. The monoisotopic (exact) mass is 1150 g/mol. The second kappa shape index (κ2) is 71.1. The highest BCUT2D eigenvalue weighted by molar-refractivity contribution is 5.71. The van der Waals surface area contributed by atoms with E-state index in [1.807, 2.05) is 0 Å². The van der Waals surface area contributed by atoms with Crippen LogP contribution in [0, 0.1) is 0 Å². The minimum Gasteiger partial charge on any atom is -0.462 e. The summed E-state index contributed by atoms with van der Waals surface area (Å²) >= 11 is 0. The van der Waals surface area contributed by atoms with Crippen molar-refractivity contribution in [3.05, 3.63) is 36.5 Å². The highest BCUT2D eigenvalue weighted by atomic mass is 16.6. The molecule has 0 fully saturated rings. The second-order valence-corrected chi connectivity index (χ2v) is 25.2. The molecule has 0 aromatic rings. The molecule has 0 aliphatic rings. The van der Waals surface area contributed by atoms with Gasteiger partial charge < -0.3 is 14.2 Å². The van der Waals surface area contributed by atoms with Gasteiger partial charge in [0.15, 0.2) is 6.10 Å². The van der Waals surface area contributed by atoms with Crippen LogP contribution in [0.2, 0.25) is 0 Å². The smallest absolute Gasteiger partial charge is 0.306 e. The van der Waals surface area contributed by atoms with E-state index in [9.17, 15) is 14.4 Å². The maximum atomic E-state index is 13.0. The number of carbonyl (C=O) groups is 3. The molecule has 6 heteroatoms. The molecule has 0 amide bonds. The first kappa shape index (κ1) is 79.6. The van der Waals surface area contributed by atoms with Gasteiger partial charge in [0.1, 0.15) is 13.2 Å². The van der Waals surface area contributed by atoms with Gasteiger partial charge in [-0.1, -0.05) is 372 Å². The van der Waals surface area contributed by atoms with Crippen LogP contribution in [0.25, 0.3) is 0 Å². The lowest BCUT2D eigenvalue weighted by molar-refractivity contribution is -0.167. The van der Waals surface area contributed by atoms with E-state index in [-0.39, 0.29) is 31.1 Å². The van der Waals surface area contributed by atoms with Crippen LogP contribution in [0.4, 0.5) is 0 Å². The van der Waals surface area contributed by atoms with Crippen molar-refractivity contribution in [1.29, 1.82) is 0 Å². The Kier molecular flexibility index (Phi) is 69.1. The van der Waals surface area contributed by atoms with Crippen LogP contribution in [0.1, 0.15) is 412 Å². The van der Waals surface area contributed by atoms with Gasteiger partial charge >= 0.3 is 17.9 Å².